The molecular weight excluding hydrogens is 483 g/mol. The highest BCUT2D eigenvalue weighted by molar-refractivity contribution is 7.81. The Labute approximate surface area is 208 Å². The number of thiol groups is 1. The maximum Gasteiger partial charge on any atom is 0.373 e. The van der Waals surface area contributed by atoms with E-state index in [1.165, 1.54) is 35.2 Å². The smallest absolute Gasteiger partial charge is 0.373 e. The molecule has 0 atom stereocenters. The topological polar surface area (TPSA) is 88.1 Å². The second-order valence-electron chi connectivity index (χ2n) is 6.04. The van der Waals surface area contributed by atoms with Crippen molar-refractivity contribution in [2.75, 3.05) is 33.2 Å². The molecule has 0 saturated carbocycles. The Hall–Kier alpha value is -3.07. The zero-order valence-corrected chi connectivity index (χ0v) is 21.5. The molecule has 0 radical (unpaired) electrons. The summed E-state index contributed by atoms with van der Waals surface area (Å²) in [5, 5.41) is 1.31. The van der Waals surface area contributed by atoms with E-state index in [1.54, 1.807) is 12.1 Å². The molecule has 7 nitrogen and oxygen atoms in total. The van der Waals surface area contributed by atoms with Gasteiger partial charge in [0.15, 0.2) is 11.6 Å². The largest absolute Gasteiger partial charge is 0.494 e. The average molecular weight is 513 g/mol. The third-order valence-electron chi connectivity index (χ3n) is 3.72. The summed E-state index contributed by atoms with van der Waals surface area (Å²) >= 11 is 5.43. The van der Waals surface area contributed by atoms with Crippen LogP contribution in [-0.4, -0.2) is 45.3 Å². The number of hydrogen-bond acceptors (Lipinski definition) is 9. The van der Waals surface area contributed by atoms with Crippen LogP contribution in [0.4, 0.5) is 4.39 Å². The van der Waals surface area contributed by atoms with E-state index in [-0.39, 0.29) is 23.6 Å². The van der Waals surface area contributed by atoms with Crippen molar-refractivity contribution in [1.29, 1.82) is 0 Å². The van der Waals surface area contributed by atoms with Crippen LogP contribution in [0.1, 0.15) is 18.7 Å². The zero-order chi connectivity index (χ0) is 25.9. The molecule has 186 valence electrons. The predicted molar refractivity (Wildman–Crippen MR) is 133 cm³/mol. The molecule has 0 aliphatic heterocycles. The minimum atomic E-state index is -0.400. The number of carbonyl (C=O) groups excluding carboxylic acids is 3. The van der Waals surface area contributed by atoms with Crippen molar-refractivity contribution in [2.45, 2.75) is 20.8 Å². The van der Waals surface area contributed by atoms with Gasteiger partial charge in [-0.15, -0.1) is 11.3 Å². The Kier molecular flexibility index (Phi) is 16.7. The van der Waals surface area contributed by atoms with Crippen molar-refractivity contribution >= 4 is 46.2 Å². The van der Waals surface area contributed by atoms with Crippen molar-refractivity contribution in [3.63, 3.8) is 0 Å². The number of carbonyl (C=O) groups is 1. The average Bonchev–Trinajstić information content (AvgIpc) is 3.20. The van der Waals surface area contributed by atoms with E-state index >= 15 is 0 Å². The summed E-state index contributed by atoms with van der Waals surface area (Å²) in [5.74, 6) is 1.20. The van der Waals surface area contributed by atoms with Gasteiger partial charge in [0.1, 0.15) is 11.5 Å². The second kappa shape index (κ2) is 18.4. The summed E-state index contributed by atoms with van der Waals surface area (Å²) in [7, 11) is 2.76. The van der Waals surface area contributed by atoms with Crippen LogP contribution in [0.25, 0.3) is 10.1 Å². The lowest BCUT2D eigenvalue weighted by molar-refractivity contribution is -0.191. The molecule has 1 aromatic heterocycles. The highest BCUT2D eigenvalue weighted by atomic mass is 32.1. The standard InChI is InChI=1S/C11H12OS.C9H11FO2.C3H6O2S.CO2/c1-3-12-10-5-4-9-6-8(2)13-11(9)7-10;1-3-12-7-4-5-9(11-2)8(10)6-7;1-5-3(4)2-6;2-1-3/h4-7H,3H2,1-2H3;4-6H,3H2,1-2H3;6H,2H2,1H3;. The number of hydrogen-bond donors (Lipinski definition) is 1. The zero-order valence-electron chi connectivity index (χ0n) is 19.8. The van der Waals surface area contributed by atoms with E-state index in [1.807, 2.05) is 31.3 Å². The lowest BCUT2D eigenvalue weighted by Crippen LogP contribution is -1.99. The lowest BCUT2D eigenvalue weighted by atomic mass is 10.2. The number of fused-ring (bicyclic) bond motifs is 1. The third kappa shape index (κ3) is 12.2. The summed E-state index contributed by atoms with van der Waals surface area (Å²) < 4.78 is 33.7. The molecule has 0 aliphatic rings. The highest BCUT2D eigenvalue weighted by Gasteiger charge is 2.03. The molecule has 34 heavy (non-hydrogen) atoms. The molecule has 3 aromatic rings. The minimum Gasteiger partial charge on any atom is -0.494 e. The molecule has 0 N–H and O–H groups in total. The fourth-order valence-corrected chi connectivity index (χ4v) is 3.45. The molecular formula is C24H29FO7S2. The first-order valence-corrected chi connectivity index (χ1v) is 11.5. The summed E-state index contributed by atoms with van der Waals surface area (Å²) in [4.78, 5) is 27.5. The summed E-state index contributed by atoms with van der Waals surface area (Å²) in [6.07, 6.45) is 0.250. The molecule has 0 bridgehead atoms. The van der Waals surface area contributed by atoms with Gasteiger partial charge in [-0.2, -0.15) is 22.2 Å². The van der Waals surface area contributed by atoms with Gasteiger partial charge in [-0.05, 0) is 62.6 Å². The van der Waals surface area contributed by atoms with Crippen LogP contribution in [0.3, 0.4) is 0 Å². The van der Waals surface area contributed by atoms with Crippen LogP contribution >= 0.6 is 24.0 Å². The summed E-state index contributed by atoms with van der Waals surface area (Å²) in [6.45, 7) is 7.25. The van der Waals surface area contributed by atoms with Gasteiger partial charge in [-0.25, -0.2) is 4.39 Å². The van der Waals surface area contributed by atoms with Crippen LogP contribution in [0.2, 0.25) is 0 Å². The molecule has 0 saturated heterocycles. The van der Waals surface area contributed by atoms with E-state index in [9.17, 15) is 9.18 Å². The number of aryl methyl sites for hydroxylation is 1. The highest BCUT2D eigenvalue weighted by Crippen LogP contribution is 2.28. The molecule has 0 spiro atoms. The molecule has 10 heteroatoms. The van der Waals surface area contributed by atoms with Crippen molar-refractivity contribution in [3.05, 3.63) is 53.2 Å². The van der Waals surface area contributed by atoms with E-state index < -0.39 is 5.82 Å². The van der Waals surface area contributed by atoms with Crippen molar-refractivity contribution in [2.24, 2.45) is 0 Å². The molecule has 0 aliphatic carbocycles. The molecule has 2 aromatic carbocycles. The minimum absolute atomic E-state index is 0.163. The van der Waals surface area contributed by atoms with Gasteiger partial charge < -0.3 is 18.9 Å². The number of ether oxygens (including phenoxy) is 4. The number of halogens is 1. The quantitative estimate of drug-likeness (QED) is 0.352. The van der Waals surface area contributed by atoms with Crippen molar-refractivity contribution < 1.29 is 37.7 Å². The lowest BCUT2D eigenvalue weighted by Gasteiger charge is -2.05. The molecule has 0 unspecified atom stereocenters. The normalized spacial score (nSPS) is 9.03. The van der Waals surface area contributed by atoms with Gasteiger partial charge in [0.2, 0.25) is 0 Å². The maximum atomic E-state index is 13.0. The van der Waals surface area contributed by atoms with Crippen LogP contribution in [0, 0.1) is 12.7 Å². The van der Waals surface area contributed by atoms with Crippen molar-refractivity contribution in [1.82, 2.24) is 0 Å². The number of benzene rings is 2. The van der Waals surface area contributed by atoms with E-state index in [0.717, 1.165) is 12.4 Å². The Bertz CT molecular complexity index is 1030. The number of esters is 1. The van der Waals surface area contributed by atoms with Gasteiger partial charge >= 0.3 is 12.1 Å². The first-order chi connectivity index (χ1) is 16.3. The second-order valence-corrected chi connectivity index (χ2v) is 7.64. The van der Waals surface area contributed by atoms with E-state index in [2.05, 4.69) is 42.5 Å². The Balaban J connectivity index is 0.000000480. The summed E-state index contributed by atoms with van der Waals surface area (Å²) in [5.41, 5.74) is 0. The first-order valence-electron chi connectivity index (χ1n) is 10.1. The van der Waals surface area contributed by atoms with Gasteiger partial charge in [0, 0.05) is 15.6 Å². The SMILES string of the molecule is CCOc1ccc(OC)c(F)c1.CCOc1ccc2cc(C)sc2c1.COC(=O)CS.O=C=O. The van der Waals surface area contributed by atoms with Crippen LogP contribution in [-0.2, 0) is 19.1 Å². The van der Waals surface area contributed by atoms with Gasteiger partial charge in [0.05, 0.1) is 33.2 Å². The first kappa shape index (κ1) is 30.9. The van der Waals surface area contributed by atoms with E-state index in [0.29, 0.717) is 12.4 Å². The summed E-state index contributed by atoms with van der Waals surface area (Å²) in [6, 6.07) is 13.0. The molecule has 1 heterocycles. The fourth-order valence-electron chi connectivity index (χ4n) is 2.37. The molecule has 0 fully saturated rings. The fraction of sp³-hybridized carbons (Fsp3) is 0.333. The number of rotatable bonds is 6. The Morgan fingerprint density at radius 3 is 2.00 bits per heavy atom. The number of thiophene rings is 1. The van der Waals surface area contributed by atoms with Crippen LogP contribution in [0.5, 0.6) is 17.2 Å². The maximum absolute atomic E-state index is 13.0. The van der Waals surface area contributed by atoms with Crippen LogP contribution in [0.15, 0.2) is 42.5 Å². The van der Waals surface area contributed by atoms with Gasteiger partial charge in [-0.3, -0.25) is 4.79 Å². The van der Waals surface area contributed by atoms with Gasteiger partial charge in [-0.1, -0.05) is 0 Å². The van der Waals surface area contributed by atoms with Crippen molar-refractivity contribution in [3.8, 4) is 17.2 Å². The Morgan fingerprint density at radius 1 is 1.00 bits per heavy atom. The third-order valence-corrected chi connectivity index (χ3v) is 4.99. The monoisotopic (exact) mass is 512 g/mol. The van der Waals surface area contributed by atoms with Crippen LogP contribution < -0.4 is 14.2 Å². The molecule has 0 amide bonds. The molecule has 3 rings (SSSR count). The van der Waals surface area contributed by atoms with Gasteiger partial charge in [0.25, 0.3) is 0 Å². The predicted octanol–water partition coefficient (Wildman–Crippen LogP) is 5.35. The van der Waals surface area contributed by atoms with E-state index in [4.69, 9.17) is 23.8 Å². The number of methoxy groups -OCH3 is 2. The Morgan fingerprint density at radius 2 is 1.56 bits per heavy atom.